The Morgan fingerprint density at radius 2 is 1.59 bits per heavy atom. The van der Waals surface area contributed by atoms with E-state index in [0.29, 0.717) is 37.6 Å². The maximum absolute atomic E-state index is 12.0. The van der Waals surface area contributed by atoms with E-state index in [1.807, 2.05) is 54.6 Å². The Kier molecular flexibility index (Phi) is 7.40. The summed E-state index contributed by atoms with van der Waals surface area (Å²) in [5, 5.41) is 14.0. The first kappa shape index (κ1) is 20.1. The Hall–Kier alpha value is -3.61. The van der Waals surface area contributed by atoms with Gasteiger partial charge in [-0.25, -0.2) is 0 Å². The van der Waals surface area contributed by atoms with Crippen LogP contribution in [-0.2, 0) is 11.2 Å². The Morgan fingerprint density at radius 1 is 0.897 bits per heavy atom. The third-order valence-corrected chi connectivity index (χ3v) is 4.15. The summed E-state index contributed by atoms with van der Waals surface area (Å²) in [7, 11) is 1.63. The van der Waals surface area contributed by atoms with Crippen molar-refractivity contribution in [1.29, 1.82) is 0 Å². The molecule has 1 heterocycles. The fourth-order valence-corrected chi connectivity index (χ4v) is 2.62. The van der Waals surface area contributed by atoms with Crippen molar-refractivity contribution in [2.75, 3.05) is 30.9 Å². The smallest absolute Gasteiger partial charge is 0.225 e. The van der Waals surface area contributed by atoms with Crippen LogP contribution in [0.25, 0.3) is 0 Å². The fraction of sp³-hybridized carbons (Fsp3) is 0.227. The van der Waals surface area contributed by atoms with E-state index in [4.69, 9.17) is 9.47 Å². The molecule has 0 radical (unpaired) electrons. The normalized spacial score (nSPS) is 10.2. The van der Waals surface area contributed by atoms with E-state index in [1.165, 1.54) is 0 Å². The molecule has 0 atom stereocenters. The molecule has 0 bridgehead atoms. The maximum Gasteiger partial charge on any atom is 0.225 e. The number of hydrogen-bond donors (Lipinski definition) is 2. The first-order valence-electron chi connectivity index (χ1n) is 9.41. The molecule has 0 saturated heterocycles. The lowest BCUT2D eigenvalue weighted by atomic mass is 10.1. The summed E-state index contributed by atoms with van der Waals surface area (Å²) in [6.45, 7) is 1.05. The lowest BCUT2D eigenvalue weighted by molar-refractivity contribution is -0.116. The molecule has 0 aliphatic heterocycles. The van der Waals surface area contributed by atoms with Crippen LogP contribution in [0, 0.1) is 0 Å². The lowest BCUT2D eigenvalue weighted by Gasteiger charge is -2.09. The van der Waals surface area contributed by atoms with Gasteiger partial charge in [-0.2, -0.15) is 0 Å². The van der Waals surface area contributed by atoms with E-state index in [9.17, 15) is 4.79 Å². The van der Waals surface area contributed by atoms with Gasteiger partial charge in [-0.15, -0.1) is 10.2 Å². The Bertz CT molecular complexity index is 884. The van der Waals surface area contributed by atoms with E-state index in [0.717, 1.165) is 17.1 Å². The first-order chi connectivity index (χ1) is 14.2. The van der Waals surface area contributed by atoms with Gasteiger partial charge in [0, 0.05) is 6.42 Å². The van der Waals surface area contributed by atoms with Crippen molar-refractivity contribution in [1.82, 2.24) is 10.2 Å². The van der Waals surface area contributed by atoms with Gasteiger partial charge in [-0.05, 0) is 48.4 Å². The molecule has 150 valence electrons. The molecule has 3 aromatic rings. The number of anilines is 2. The molecule has 7 nitrogen and oxygen atoms in total. The largest absolute Gasteiger partial charge is 0.497 e. The van der Waals surface area contributed by atoms with Crippen molar-refractivity contribution in [2.24, 2.45) is 0 Å². The molecule has 0 fully saturated rings. The molecule has 0 aliphatic rings. The number of rotatable bonds is 10. The number of aryl methyl sites for hydroxylation is 1. The van der Waals surface area contributed by atoms with E-state index < -0.39 is 0 Å². The van der Waals surface area contributed by atoms with Gasteiger partial charge in [-0.3, -0.25) is 4.79 Å². The number of nitrogens with one attached hydrogen (secondary N) is 2. The molecule has 1 aromatic heterocycles. The number of aromatic nitrogens is 2. The predicted octanol–water partition coefficient (Wildman–Crippen LogP) is 3.55. The van der Waals surface area contributed by atoms with Crippen LogP contribution in [0.3, 0.4) is 0 Å². The second-order valence-electron chi connectivity index (χ2n) is 6.29. The van der Waals surface area contributed by atoms with Gasteiger partial charge >= 0.3 is 0 Å². The Balaban J connectivity index is 1.36. The molecule has 0 aliphatic carbocycles. The molecule has 3 rings (SSSR count). The number of nitrogens with zero attached hydrogens (tertiary/aromatic N) is 2. The molecule has 7 heteroatoms. The number of ether oxygens (including phenoxy) is 2. The lowest BCUT2D eigenvalue weighted by Crippen LogP contribution is -2.15. The fourth-order valence-electron chi connectivity index (χ4n) is 2.62. The zero-order chi connectivity index (χ0) is 20.3. The highest BCUT2D eigenvalue weighted by molar-refractivity contribution is 5.89. The molecule has 1 amide bonds. The van der Waals surface area contributed by atoms with Gasteiger partial charge < -0.3 is 20.1 Å². The van der Waals surface area contributed by atoms with Gasteiger partial charge in [0.2, 0.25) is 5.91 Å². The average molecular weight is 392 g/mol. The number of carbonyl (C=O) groups excluding carboxylic acids is 1. The topological polar surface area (TPSA) is 85.4 Å². The quantitative estimate of drug-likeness (QED) is 0.513. The van der Waals surface area contributed by atoms with Crippen LogP contribution in [0.15, 0.2) is 66.7 Å². The van der Waals surface area contributed by atoms with E-state index >= 15 is 0 Å². The van der Waals surface area contributed by atoms with Crippen molar-refractivity contribution in [3.05, 3.63) is 72.3 Å². The number of hydrogen-bond acceptors (Lipinski definition) is 6. The van der Waals surface area contributed by atoms with Crippen LogP contribution in [0.4, 0.5) is 11.6 Å². The number of benzene rings is 2. The van der Waals surface area contributed by atoms with E-state index in [2.05, 4.69) is 20.8 Å². The van der Waals surface area contributed by atoms with Crippen molar-refractivity contribution in [3.63, 3.8) is 0 Å². The van der Waals surface area contributed by atoms with Gasteiger partial charge in [0.05, 0.1) is 13.7 Å². The summed E-state index contributed by atoms with van der Waals surface area (Å²) in [6, 6.07) is 20.8. The van der Waals surface area contributed by atoms with Crippen LogP contribution < -0.4 is 20.1 Å². The summed E-state index contributed by atoms with van der Waals surface area (Å²) >= 11 is 0. The van der Waals surface area contributed by atoms with Gasteiger partial charge in [0.25, 0.3) is 0 Å². The van der Waals surface area contributed by atoms with Crippen LogP contribution in [0.2, 0.25) is 0 Å². The van der Waals surface area contributed by atoms with Crippen molar-refractivity contribution in [2.45, 2.75) is 12.8 Å². The van der Waals surface area contributed by atoms with Crippen LogP contribution in [-0.4, -0.2) is 36.4 Å². The van der Waals surface area contributed by atoms with Crippen molar-refractivity contribution < 1.29 is 14.3 Å². The minimum atomic E-state index is -0.0863. The number of methoxy groups -OCH3 is 1. The third-order valence-electron chi connectivity index (χ3n) is 4.15. The Morgan fingerprint density at radius 3 is 2.28 bits per heavy atom. The number of amides is 1. The second kappa shape index (κ2) is 10.7. The van der Waals surface area contributed by atoms with Crippen LogP contribution >= 0.6 is 0 Å². The highest BCUT2D eigenvalue weighted by Gasteiger charge is 2.05. The minimum absolute atomic E-state index is 0.0863. The second-order valence-corrected chi connectivity index (χ2v) is 6.29. The Labute approximate surface area is 170 Å². The number of carbonyl (C=O) groups is 1. The van der Waals surface area contributed by atoms with Crippen molar-refractivity contribution >= 4 is 17.5 Å². The molecule has 2 aromatic carbocycles. The van der Waals surface area contributed by atoms with E-state index in [-0.39, 0.29) is 5.91 Å². The zero-order valence-electron chi connectivity index (χ0n) is 16.3. The zero-order valence-corrected chi connectivity index (χ0v) is 16.3. The van der Waals surface area contributed by atoms with Gasteiger partial charge in [0.1, 0.15) is 23.9 Å². The van der Waals surface area contributed by atoms with Crippen LogP contribution in [0.1, 0.15) is 12.0 Å². The monoisotopic (exact) mass is 392 g/mol. The molecular formula is C22H24N4O3. The van der Waals surface area contributed by atoms with Gasteiger partial charge in [0.15, 0.2) is 5.82 Å². The highest BCUT2D eigenvalue weighted by Crippen LogP contribution is 2.16. The summed E-state index contributed by atoms with van der Waals surface area (Å²) < 4.78 is 10.8. The van der Waals surface area contributed by atoms with Gasteiger partial charge in [-0.1, -0.05) is 30.3 Å². The molecule has 0 unspecified atom stereocenters. The standard InChI is InChI=1S/C22H24N4O3/c1-28-18-8-10-19(11-9-18)29-16-15-23-20-12-13-21(26-25-20)24-22(27)14-7-17-5-3-2-4-6-17/h2-6,8-13H,7,14-16H2,1H3,(H,23,25)(H,24,26,27). The SMILES string of the molecule is COc1ccc(OCCNc2ccc(NC(=O)CCc3ccccc3)nn2)cc1. The average Bonchev–Trinajstić information content (AvgIpc) is 2.77. The minimum Gasteiger partial charge on any atom is -0.497 e. The van der Waals surface area contributed by atoms with Crippen LogP contribution in [0.5, 0.6) is 11.5 Å². The molecule has 29 heavy (non-hydrogen) atoms. The highest BCUT2D eigenvalue weighted by atomic mass is 16.5. The maximum atomic E-state index is 12.0. The molecule has 0 spiro atoms. The molecule has 0 saturated carbocycles. The third kappa shape index (κ3) is 6.80. The summed E-state index contributed by atoms with van der Waals surface area (Å²) in [6.07, 6.45) is 1.09. The van der Waals surface area contributed by atoms with Crippen molar-refractivity contribution in [3.8, 4) is 11.5 Å². The summed E-state index contributed by atoms with van der Waals surface area (Å²) in [5.74, 6) is 2.52. The molecular weight excluding hydrogens is 368 g/mol. The molecule has 2 N–H and O–H groups in total. The predicted molar refractivity (Wildman–Crippen MR) is 112 cm³/mol. The van der Waals surface area contributed by atoms with E-state index in [1.54, 1.807) is 19.2 Å². The summed E-state index contributed by atoms with van der Waals surface area (Å²) in [4.78, 5) is 12.0. The first-order valence-corrected chi connectivity index (χ1v) is 9.41. The summed E-state index contributed by atoms with van der Waals surface area (Å²) in [5.41, 5.74) is 1.13.